The van der Waals surface area contributed by atoms with Gasteiger partial charge in [0.2, 0.25) is 5.91 Å². The Kier molecular flexibility index (Phi) is 4.76. The first-order valence-corrected chi connectivity index (χ1v) is 6.48. The normalized spacial score (nSPS) is 33.6. The van der Waals surface area contributed by atoms with Gasteiger partial charge in [0.05, 0.1) is 25.9 Å². The number of hydrogen-bond acceptors (Lipinski definition) is 4. The van der Waals surface area contributed by atoms with Crippen molar-refractivity contribution in [3.8, 4) is 0 Å². The first-order valence-electron chi connectivity index (χ1n) is 6.48. The lowest BCUT2D eigenvalue weighted by Gasteiger charge is -2.24. The Bertz CT molecular complexity index is 254. The molecule has 0 spiro atoms. The molecule has 0 bridgehead atoms. The number of amides is 1. The van der Waals surface area contributed by atoms with Crippen molar-refractivity contribution in [3.63, 3.8) is 0 Å². The maximum atomic E-state index is 12.0. The fourth-order valence-electron chi connectivity index (χ4n) is 2.66. The molecule has 1 aliphatic carbocycles. The van der Waals surface area contributed by atoms with Crippen LogP contribution in [0.1, 0.15) is 19.3 Å². The van der Waals surface area contributed by atoms with E-state index in [4.69, 9.17) is 15.2 Å². The average Bonchev–Trinajstić information content (AvgIpc) is 2.85. The third kappa shape index (κ3) is 3.40. The Hall–Kier alpha value is -0.650. The van der Waals surface area contributed by atoms with Crippen LogP contribution in [0.2, 0.25) is 0 Å². The van der Waals surface area contributed by atoms with Gasteiger partial charge in [-0.2, -0.15) is 0 Å². The smallest absolute Gasteiger partial charge is 0.223 e. The summed E-state index contributed by atoms with van der Waals surface area (Å²) in [5.74, 6) is 0.593. The van der Waals surface area contributed by atoms with Crippen molar-refractivity contribution in [2.45, 2.75) is 25.4 Å². The highest BCUT2D eigenvalue weighted by molar-refractivity contribution is 5.79. The molecule has 0 aromatic carbocycles. The van der Waals surface area contributed by atoms with E-state index in [0.717, 1.165) is 19.3 Å². The monoisotopic (exact) mass is 242 g/mol. The van der Waals surface area contributed by atoms with Crippen LogP contribution in [0.5, 0.6) is 0 Å². The zero-order valence-corrected chi connectivity index (χ0v) is 10.2. The number of carbonyl (C=O) groups excluding carboxylic acids is 1. The molecule has 1 heterocycles. The number of ether oxygens (including phenoxy) is 2. The van der Waals surface area contributed by atoms with E-state index in [0.29, 0.717) is 38.8 Å². The summed E-state index contributed by atoms with van der Waals surface area (Å²) in [6, 6.07) is 0. The minimum atomic E-state index is 0.00503. The first-order chi connectivity index (χ1) is 8.31. The van der Waals surface area contributed by atoms with Crippen molar-refractivity contribution >= 4 is 5.91 Å². The van der Waals surface area contributed by atoms with Crippen LogP contribution in [-0.2, 0) is 14.3 Å². The number of nitrogens with two attached hydrogens (primary N) is 1. The molecule has 5 nitrogen and oxygen atoms in total. The van der Waals surface area contributed by atoms with E-state index in [1.54, 1.807) is 0 Å². The number of hydrogen-bond donors (Lipinski definition) is 2. The summed E-state index contributed by atoms with van der Waals surface area (Å²) >= 11 is 0. The van der Waals surface area contributed by atoms with Gasteiger partial charge in [-0.05, 0) is 25.3 Å². The summed E-state index contributed by atoms with van der Waals surface area (Å²) in [6.07, 6.45) is 3.17. The first kappa shape index (κ1) is 12.8. The predicted molar refractivity (Wildman–Crippen MR) is 63.5 cm³/mol. The number of rotatable bonds is 4. The maximum Gasteiger partial charge on any atom is 0.223 e. The summed E-state index contributed by atoms with van der Waals surface area (Å²) in [4.78, 5) is 12.0. The average molecular weight is 242 g/mol. The molecule has 3 atom stereocenters. The van der Waals surface area contributed by atoms with Crippen molar-refractivity contribution in [2.24, 2.45) is 17.6 Å². The molecule has 2 aliphatic rings. The Balaban J connectivity index is 1.72. The Morgan fingerprint density at radius 2 is 2.24 bits per heavy atom. The topological polar surface area (TPSA) is 73.6 Å². The van der Waals surface area contributed by atoms with Crippen molar-refractivity contribution in [3.05, 3.63) is 0 Å². The molecule has 0 aromatic heterocycles. The molecular weight excluding hydrogens is 220 g/mol. The second-order valence-corrected chi connectivity index (χ2v) is 4.85. The van der Waals surface area contributed by atoms with Crippen molar-refractivity contribution in [1.82, 2.24) is 5.32 Å². The van der Waals surface area contributed by atoms with Gasteiger partial charge in [-0.15, -0.1) is 0 Å². The highest BCUT2D eigenvalue weighted by Crippen LogP contribution is 2.30. The van der Waals surface area contributed by atoms with Crippen molar-refractivity contribution in [2.75, 3.05) is 32.9 Å². The van der Waals surface area contributed by atoms with Gasteiger partial charge in [0.15, 0.2) is 0 Å². The molecular formula is C12H22N2O3. The van der Waals surface area contributed by atoms with Crippen LogP contribution in [0.25, 0.3) is 0 Å². The van der Waals surface area contributed by atoms with E-state index in [2.05, 4.69) is 5.32 Å². The van der Waals surface area contributed by atoms with Crippen LogP contribution in [-0.4, -0.2) is 44.9 Å². The summed E-state index contributed by atoms with van der Waals surface area (Å²) in [7, 11) is 0. The zero-order valence-electron chi connectivity index (χ0n) is 10.2. The zero-order chi connectivity index (χ0) is 12.1. The van der Waals surface area contributed by atoms with Gasteiger partial charge in [0.25, 0.3) is 0 Å². The van der Waals surface area contributed by atoms with E-state index in [-0.39, 0.29) is 17.9 Å². The lowest BCUT2D eigenvalue weighted by Crippen LogP contribution is -2.43. The molecule has 1 amide bonds. The van der Waals surface area contributed by atoms with E-state index in [1.807, 2.05) is 0 Å². The Labute approximate surface area is 102 Å². The maximum absolute atomic E-state index is 12.0. The lowest BCUT2D eigenvalue weighted by atomic mass is 9.95. The molecule has 1 aliphatic heterocycles. The highest BCUT2D eigenvalue weighted by atomic mass is 16.6. The molecule has 0 radical (unpaired) electrons. The Morgan fingerprint density at radius 3 is 2.94 bits per heavy atom. The summed E-state index contributed by atoms with van der Waals surface area (Å²) < 4.78 is 10.8. The Morgan fingerprint density at radius 1 is 1.35 bits per heavy atom. The fourth-order valence-corrected chi connectivity index (χ4v) is 2.66. The third-order valence-corrected chi connectivity index (χ3v) is 3.69. The molecule has 2 fully saturated rings. The minimum absolute atomic E-state index is 0.00503. The quantitative estimate of drug-likeness (QED) is 0.721. The molecule has 98 valence electrons. The van der Waals surface area contributed by atoms with Gasteiger partial charge in [0, 0.05) is 12.5 Å². The molecule has 1 saturated carbocycles. The lowest BCUT2D eigenvalue weighted by molar-refractivity contribution is -0.128. The van der Waals surface area contributed by atoms with Gasteiger partial charge < -0.3 is 20.5 Å². The van der Waals surface area contributed by atoms with Gasteiger partial charge in [-0.3, -0.25) is 4.79 Å². The second kappa shape index (κ2) is 6.33. The van der Waals surface area contributed by atoms with Gasteiger partial charge in [-0.25, -0.2) is 0 Å². The minimum Gasteiger partial charge on any atom is -0.376 e. The second-order valence-electron chi connectivity index (χ2n) is 4.85. The van der Waals surface area contributed by atoms with Gasteiger partial charge in [-0.1, -0.05) is 6.42 Å². The molecule has 1 saturated heterocycles. The van der Waals surface area contributed by atoms with E-state index in [9.17, 15) is 4.79 Å². The van der Waals surface area contributed by atoms with E-state index < -0.39 is 0 Å². The van der Waals surface area contributed by atoms with Crippen molar-refractivity contribution < 1.29 is 14.3 Å². The largest absolute Gasteiger partial charge is 0.376 e. The third-order valence-electron chi connectivity index (χ3n) is 3.69. The molecule has 3 unspecified atom stereocenters. The summed E-state index contributed by atoms with van der Waals surface area (Å²) in [5, 5.41) is 2.96. The summed E-state index contributed by atoms with van der Waals surface area (Å²) in [5.41, 5.74) is 5.68. The molecule has 2 rings (SSSR count). The van der Waals surface area contributed by atoms with Crippen LogP contribution >= 0.6 is 0 Å². The molecule has 17 heavy (non-hydrogen) atoms. The number of carbonyl (C=O) groups is 1. The van der Waals surface area contributed by atoms with Gasteiger partial charge in [0.1, 0.15) is 0 Å². The molecule has 0 aromatic rings. The summed E-state index contributed by atoms with van der Waals surface area (Å²) in [6.45, 7) is 3.01. The molecule has 3 N–H and O–H groups in total. The predicted octanol–water partition coefficient (Wildman–Crippen LogP) is -0.107. The van der Waals surface area contributed by atoms with E-state index in [1.165, 1.54) is 0 Å². The SMILES string of the molecule is NCC1CCCC1C(=O)NCC1COCCO1. The van der Waals surface area contributed by atoms with Crippen LogP contribution in [0, 0.1) is 11.8 Å². The standard InChI is InChI=1S/C12H22N2O3/c13-6-9-2-1-3-11(9)12(15)14-7-10-8-16-4-5-17-10/h9-11H,1-8,13H2,(H,14,15). The van der Waals surface area contributed by atoms with Crippen LogP contribution in [0.4, 0.5) is 0 Å². The van der Waals surface area contributed by atoms with Crippen molar-refractivity contribution in [1.29, 1.82) is 0 Å². The highest BCUT2D eigenvalue weighted by Gasteiger charge is 2.32. The van der Waals surface area contributed by atoms with E-state index >= 15 is 0 Å². The van der Waals surface area contributed by atoms with Crippen LogP contribution in [0.3, 0.4) is 0 Å². The van der Waals surface area contributed by atoms with Gasteiger partial charge >= 0.3 is 0 Å². The number of nitrogens with one attached hydrogen (secondary N) is 1. The van der Waals surface area contributed by atoms with Crippen LogP contribution < -0.4 is 11.1 Å². The fraction of sp³-hybridized carbons (Fsp3) is 0.917. The molecule has 5 heteroatoms. The van der Waals surface area contributed by atoms with Crippen LogP contribution in [0.15, 0.2) is 0 Å².